The topological polar surface area (TPSA) is 72.9 Å². The molecule has 5 rings (SSSR count). The normalized spacial score (nSPS) is 11.1. The summed E-state index contributed by atoms with van der Waals surface area (Å²) in [5.74, 6) is 0.631. The monoisotopic (exact) mass is 453 g/mol. The minimum atomic E-state index is -0.517. The lowest BCUT2D eigenvalue weighted by Gasteiger charge is -2.13. The number of ether oxygens (including phenoxy) is 1. The van der Waals surface area contributed by atoms with Crippen molar-refractivity contribution in [3.63, 3.8) is 0 Å². The van der Waals surface area contributed by atoms with Gasteiger partial charge in [-0.2, -0.15) is 0 Å². The molecule has 0 unspecified atom stereocenters. The van der Waals surface area contributed by atoms with E-state index in [1.165, 1.54) is 6.07 Å². The van der Waals surface area contributed by atoms with Crippen LogP contribution in [0.15, 0.2) is 91.2 Å². The van der Waals surface area contributed by atoms with Gasteiger partial charge < -0.3 is 18.5 Å². The van der Waals surface area contributed by atoms with E-state index < -0.39 is 11.3 Å². The lowest BCUT2D eigenvalue weighted by Crippen LogP contribution is -2.08. The number of fused-ring (bicyclic) bond motifs is 2. The van der Waals surface area contributed by atoms with Crippen LogP contribution < -0.4 is 20.9 Å². The SMILES string of the molecule is CCOc1ccc2cc(-c3cccc4c(-c5ccc(N(C)C)cc5)cc(=O)oc34)c(=O)oc2c1. The third kappa shape index (κ3) is 3.83. The van der Waals surface area contributed by atoms with Gasteiger partial charge >= 0.3 is 11.3 Å². The number of hydrogen-bond donors (Lipinski definition) is 0. The third-order valence-electron chi connectivity index (χ3n) is 5.77. The predicted octanol–water partition coefficient (Wildman–Crippen LogP) is 5.70. The Balaban J connectivity index is 1.70. The first-order valence-corrected chi connectivity index (χ1v) is 11.0. The standard InChI is InChI=1S/C28H23NO5/c1-4-32-20-13-10-18-14-24(28(31)33-25(18)15-20)22-7-5-6-21-23(16-26(30)34-27(21)22)17-8-11-19(12-9-17)29(2)3/h5-16H,4H2,1-3H3. The molecule has 0 N–H and O–H groups in total. The first-order chi connectivity index (χ1) is 16.4. The quantitative estimate of drug-likeness (QED) is 0.318. The summed E-state index contributed by atoms with van der Waals surface area (Å²) >= 11 is 0. The molecule has 6 heteroatoms. The maximum atomic E-state index is 13.0. The van der Waals surface area contributed by atoms with E-state index in [1.54, 1.807) is 18.2 Å². The smallest absolute Gasteiger partial charge is 0.344 e. The summed E-state index contributed by atoms with van der Waals surface area (Å²) in [7, 11) is 3.95. The summed E-state index contributed by atoms with van der Waals surface area (Å²) in [6.45, 7) is 2.41. The zero-order chi connectivity index (χ0) is 23.8. The Morgan fingerprint density at radius 1 is 0.824 bits per heavy atom. The first-order valence-electron chi connectivity index (χ1n) is 11.0. The lowest BCUT2D eigenvalue weighted by molar-refractivity contribution is 0.340. The molecule has 0 saturated heterocycles. The molecule has 0 saturated carbocycles. The van der Waals surface area contributed by atoms with Crippen LogP contribution in [0.25, 0.3) is 44.2 Å². The minimum absolute atomic E-state index is 0.325. The molecule has 0 radical (unpaired) electrons. The maximum absolute atomic E-state index is 13.0. The molecule has 0 aliphatic rings. The number of para-hydroxylation sites is 1. The molecule has 0 atom stereocenters. The lowest BCUT2D eigenvalue weighted by atomic mass is 9.97. The molecule has 0 spiro atoms. The molecule has 170 valence electrons. The van der Waals surface area contributed by atoms with Crippen LogP contribution in [-0.4, -0.2) is 20.7 Å². The summed E-state index contributed by atoms with van der Waals surface area (Å²) in [6, 6.07) is 22.0. The molecule has 6 nitrogen and oxygen atoms in total. The van der Waals surface area contributed by atoms with E-state index >= 15 is 0 Å². The van der Waals surface area contributed by atoms with Crippen LogP contribution in [0.1, 0.15) is 6.92 Å². The molecule has 0 aliphatic carbocycles. The van der Waals surface area contributed by atoms with Gasteiger partial charge in [-0.15, -0.1) is 0 Å². The highest BCUT2D eigenvalue weighted by molar-refractivity contribution is 6.01. The Kier molecular flexibility index (Phi) is 5.42. The maximum Gasteiger partial charge on any atom is 0.344 e. The van der Waals surface area contributed by atoms with E-state index in [0.29, 0.717) is 34.6 Å². The molecular formula is C28H23NO5. The van der Waals surface area contributed by atoms with Gasteiger partial charge in [-0.3, -0.25) is 0 Å². The van der Waals surface area contributed by atoms with Gasteiger partial charge in [-0.25, -0.2) is 9.59 Å². The van der Waals surface area contributed by atoms with Crippen LogP contribution in [-0.2, 0) is 0 Å². The van der Waals surface area contributed by atoms with Crippen molar-refractivity contribution >= 4 is 27.6 Å². The molecular weight excluding hydrogens is 430 g/mol. The van der Waals surface area contributed by atoms with Crippen LogP contribution in [0, 0.1) is 0 Å². The second-order valence-electron chi connectivity index (χ2n) is 8.18. The van der Waals surface area contributed by atoms with Crippen LogP contribution >= 0.6 is 0 Å². The zero-order valence-corrected chi connectivity index (χ0v) is 19.1. The molecule has 0 amide bonds. The Hall–Kier alpha value is -4.32. The van der Waals surface area contributed by atoms with Crippen molar-refractivity contribution in [3.8, 4) is 28.0 Å². The van der Waals surface area contributed by atoms with Crippen molar-refractivity contribution in [1.82, 2.24) is 0 Å². The molecule has 2 heterocycles. The van der Waals surface area contributed by atoms with E-state index in [4.69, 9.17) is 13.6 Å². The van der Waals surface area contributed by atoms with Crippen molar-refractivity contribution < 1.29 is 13.6 Å². The van der Waals surface area contributed by atoms with E-state index in [0.717, 1.165) is 27.6 Å². The fourth-order valence-corrected chi connectivity index (χ4v) is 4.11. The first kappa shape index (κ1) is 21.5. The average molecular weight is 453 g/mol. The second kappa shape index (κ2) is 8.56. The Bertz CT molecular complexity index is 1630. The molecule has 0 bridgehead atoms. The summed E-state index contributed by atoms with van der Waals surface area (Å²) in [5, 5.41) is 1.48. The van der Waals surface area contributed by atoms with E-state index in [9.17, 15) is 9.59 Å². The van der Waals surface area contributed by atoms with E-state index in [2.05, 4.69) is 0 Å². The van der Waals surface area contributed by atoms with Gasteiger partial charge in [0.05, 0.1) is 12.2 Å². The highest BCUT2D eigenvalue weighted by Gasteiger charge is 2.16. The molecule has 3 aromatic carbocycles. The van der Waals surface area contributed by atoms with Crippen molar-refractivity contribution in [2.75, 3.05) is 25.6 Å². The van der Waals surface area contributed by atoms with Crippen LogP contribution in [0.5, 0.6) is 5.75 Å². The van der Waals surface area contributed by atoms with Crippen LogP contribution in [0.2, 0.25) is 0 Å². The number of hydrogen-bond acceptors (Lipinski definition) is 6. The van der Waals surface area contributed by atoms with Crippen molar-refractivity contribution in [3.05, 3.63) is 93.6 Å². The number of anilines is 1. The number of rotatable bonds is 5. The van der Waals surface area contributed by atoms with Crippen molar-refractivity contribution in [1.29, 1.82) is 0 Å². The molecule has 5 aromatic rings. The summed E-state index contributed by atoms with van der Waals surface area (Å²) < 4.78 is 16.7. The van der Waals surface area contributed by atoms with E-state index in [-0.39, 0.29) is 0 Å². The molecule has 0 fully saturated rings. The minimum Gasteiger partial charge on any atom is -0.494 e. The van der Waals surface area contributed by atoms with Crippen LogP contribution in [0.4, 0.5) is 5.69 Å². The van der Waals surface area contributed by atoms with Gasteiger partial charge in [0.2, 0.25) is 0 Å². The van der Waals surface area contributed by atoms with Crippen molar-refractivity contribution in [2.24, 2.45) is 0 Å². The molecule has 0 aliphatic heterocycles. The highest BCUT2D eigenvalue weighted by atomic mass is 16.5. The fraction of sp³-hybridized carbons (Fsp3) is 0.143. The third-order valence-corrected chi connectivity index (χ3v) is 5.77. The molecule has 2 aromatic heterocycles. The highest BCUT2D eigenvalue weighted by Crippen LogP contribution is 2.34. The second-order valence-corrected chi connectivity index (χ2v) is 8.18. The van der Waals surface area contributed by atoms with Gasteiger partial charge in [0.25, 0.3) is 0 Å². The van der Waals surface area contributed by atoms with Gasteiger partial charge in [-0.1, -0.05) is 30.3 Å². The Labute approximate surface area is 195 Å². The predicted molar refractivity (Wildman–Crippen MR) is 135 cm³/mol. The summed E-state index contributed by atoms with van der Waals surface area (Å²) in [5.41, 5.74) is 3.28. The summed E-state index contributed by atoms with van der Waals surface area (Å²) in [4.78, 5) is 27.5. The van der Waals surface area contributed by atoms with Gasteiger partial charge in [0.15, 0.2) is 0 Å². The van der Waals surface area contributed by atoms with E-state index in [1.807, 2.05) is 74.4 Å². The largest absolute Gasteiger partial charge is 0.494 e. The zero-order valence-electron chi connectivity index (χ0n) is 19.1. The van der Waals surface area contributed by atoms with Gasteiger partial charge in [-0.05, 0) is 48.4 Å². The Morgan fingerprint density at radius 3 is 2.35 bits per heavy atom. The average Bonchev–Trinajstić information content (AvgIpc) is 2.83. The Morgan fingerprint density at radius 2 is 1.62 bits per heavy atom. The summed E-state index contributed by atoms with van der Waals surface area (Å²) in [6.07, 6.45) is 0. The number of nitrogens with zero attached hydrogens (tertiary/aromatic N) is 1. The molecule has 34 heavy (non-hydrogen) atoms. The van der Waals surface area contributed by atoms with Gasteiger partial charge in [0.1, 0.15) is 16.9 Å². The number of benzene rings is 3. The van der Waals surface area contributed by atoms with Gasteiger partial charge in [0, 0.05) is 48.3 Å². The fourth-order valence-electron chi connectivity index (χ4n) is 4.11. The van der Waals surface area contributed by atoms with Crippen LogP contribution in [0.3, 0.4) is 0 Å². The van der Waals surface area contributed by atoms with Crippen molar-refractivity contribution in [2.45, 2.75) is 6.92 Å².